The van der Waals surface area contributed by atoms with Crippen LogP contribution in [0.4, 0.5) is 0 Å². The second kappa shape index (κ2) is 5.59. The third-order valence-electron chi connectivity index (χ3n) is 2.21. The standard InChI is InChI=1S/C11H17ClN2O2/c1-3-6-14-10(11(2,15)16)9-8(12)5-4-7-13-9/h4-5,7,10,14-16H,3,6H2,1-2H3. The normalized spacial score (nSPS) is 13.8. The molecule has 3 N–H and O–H groups in total. The molecule has 5 heteroatoms. The lowest BCUT2D eigenvalue weighted by molar-refractivity contribution is -0.170. The summed E-state index contributed by atoms with van der Waals surface area (Å²) in [5.74, 6) is -1.90. The van der Waals surface area contributed by atoms with Crippen LogP contribution in [-0.4, -0.2) is 27.5 Å². The topological polar surface area (TPSA) is 65.4 Å². The van der Waals surface area contributed by atoms with Crippen molar-refractivity contribution in [1.29, 1.82) is 0 Å². The molecule has 1 rings (SSSR count). The van der Waals surface area contributed by atoms with E-state index in [0.29, 0.717) is 17.3 Å². The van der Waals surface area contributed by atoms with Crippen LogP contribution in [0.5, 0.6) is 0 Å². The Morgan fingerprint density at radius 3 is 2.75 bits per heavy atom. The molecule has 1 aromatic rings. The second-order valence-electron chi connectivity index (χ2n) is 3.85. The van der Waals surface area contributed by atoms with E-state index in [1.54, 1.807) is 18.3 Å². The number of aromatic nitrogens is 1. The first-order valence-electron chi connectivity index (χ1n) is 5.25. The summed E-state index contributed by atoms with van der Waals surface area (Å²) in [5.41, 5.74) is 0.449. The predicted molar refractivity (Wildman–Crippen MR) is 63.1 cm³/mol. The Morgan fingerprint density at radius 2 is 2.25 bits per heavy atom. The molecular weight excluding hydrogens is 228 g/mol. The van der Waals surface area contributed by atoms with E-state index >= 15 is 0 Å². The van der Waals surface area contributed by atoms with E-state index in [2.05, 4.69) is 10.3 Å². The van der Waals surface area contributed by atoms with E-state index in [9.17, 15) is 10.2 Å². The first kappa shape index (κ1) is 13.4. The maximum absolute atomic E-state index is 9.68. The molecule has 1 unspecified atom stereocenters. The summed E-state index contributed by atoms with van der Waals surface area (Å²) < 4.78 is 0. The fraction of sp³-hybridized carbons (Fsp3) is 0.545. The average Bonchev–Trinajstić information content (AvgIpc) is 2.19. The first-order chi connectivity index (χ1) is 7.46. The largest absolute Gasteiger partial charge is 0.364 e. The highest BCUT2D eigenvalue weighted by Crippen LogP contribution is 2.27. The van der Waals surface area contributed by atoms with Crippen LogP contribution in [0.15, 0.2) is 18.3 Å². The van der Waals surface area contributed by atoms with Gasteiger partial charge >= 0.3 is 0 Å². The predicted octanol–water partition coefficient (Wildman–Crippen LogP) is 1.48. The van der Waals surface area contributed by atoms with Gasteiger partial charge in [0, 0.05) is 6.20 Å². The van der Waals surface area contributed by atoms with E-state index < -0.39 is 11.8 Å². The van der Waals surface area contributed by atoms with E-state index in [1.165, 1.54) is 6.92 Å². The Kier molecular flexibility index (Phi) is 4.68. The third kappa shape index (κ3) is 3.42. The van der Waals surface area contributed by atoms with E-state index in [-0.39, 0.29) is 0 Å². The Morgan fingerprint density at radius 1 is 1.56 bits per heavy atom. The molecule has 0 fully saturated rings. The summed E-state index contributed by atoms with van der Waals surface area (Å²) in [6.45, 7) is 3.97. The molecule has 0 bridgehead atoms. The van der Waals surface area contributed by atoms with Crippen molar-refractivity contribution in [3.05, 3.63) is 29.0 Å². The summed E-state index contributed by atoms with van der Waals surface area (Å²) in [4.78, 5) is 4.08. The van der Waals surface area contributed by atoms with Crippen molar-refractivity contribution in [3.8, 4) is 0 Å². The van der Waals surface area contributed by atoms with Crippen LogP contribution < -0.4 is 5.32 Å². The van der Waals surface area contributed by atoms with Gasteiger partial charge in [-0.05, 0) is 32.0 Å². The zero-order valence-corrected chi connectivity index (χ0v) is 10.2. The van der Waals surface area contributed by atoms with E-state index in [4.69, 9.17) is 11.6 Å². The average molecular weight is 245 g/mol. The van der Waals surface area contributed by atoms with Crippen molar-refractivity contribution >= 4 is 11.6 Å². The number of pyridine rings is 1. The fourth-order valence-electron chi connectivity index (χ4n) is 1.45. The van der Waals surface area contributed by atoms with Crippen LogP contribution in [0, 0.1) is 0 Å². The lowest BCUT2D eigenvalue weighted by Crippen LogP contribution is -2.42. The number of nitrogens with one attached hydrogen (secondary N) is 1. The summed E-state index contributed by atoms with van der Waals surface area (Å²) in [6, 6.07) is 2.69. The number of aliphatic hydroxyl groups is 2. The van der Waals surface area contributed by atoms with E-state index in [1.807, 2.05) is 6.92 Å². The van der Waals surface area contributed by atoms with Gasteiger partial charge in [-0.1, -0.05) is 18.5 Å². The summed E-state index contributed by atoms with van der Waals surface area (Å²) >= 11 is 5.98. The Labute approximate surface area is 100 Å². The zero-order valence-electron chi connectivity index (χ0n) is 9.44. The smallest absolute Gasteiger partial charge is 0.181 e. The van der Waals surface area contributed by atoms with Gasteiger partial charge in [0.05, 0.1) is 10.7 Å². The minimum Gasteiger partial charge on any atom is -0.364 e. The number of hydrogen-bond acceptors (Lipinski definition) is 4. The van der Waals surface area contributed by atoms with E-state index in [0.717, 1.165) is 6.42 Å². The Hall–Kier alpha value is -0.680. The molecule has 0 amide bonds. The summed E-state index contributed by atoms with van der Waals surface area (Å²) in [5, 5.41) is 22.8. The van der Waals surface area contributed by atoms with Crippen molar-refractivity contribution in [3.63, 3.8) is 0 Å². The first-order valence-corrected chi connectivity index (χ1v) is 5.63. The van der Waals surface area contributed by atoms with Crippen LogP contribution >= 0.6 is 11.6 Å². The second-order valence-corrected chi connectivity index (χ2v) is 4.26. The molecule has 0 saturated heterocycles. The van der Waals surface area contributed by atoms with Gasteiger partial charge < -0.3 is 15.5 Å². The number of hydrogen-bond donors (Lipinski definition) is 3. The molecule has 1 atom stereocenters. The molecule has 0 aliphatic heterocycles. The molecule has 4 nitrogen and oxygen atoms in total. The third-order valence-corrected chi connectivity index (χ3v) is 2.53. The van der Waals surface area contributed by atoms with Gasteiger partial charge in [0.25, 0.3) is 0 Å². The Balaban J connectivity index is 2.97. The van der Waals surface area contributed by atoms with Crippen molar-refractivity contribution in [1.82, 2.24) is 10.3 Å². The number of halogens is 1. The van der Waals surface area contributed by atoms with Crippen LogP contribution in [0.3, 0.4) is 0 Å². The van der Waals surface area contributed by atoms with Crippen LogP contribution in [-0.2, 0) is 0 Å². The van der Waals surface area contributed by atoms with Gasteiger partial charge in [-0.15, -0.1) is 0 Å². The minimum absolute atomic E-state index is 0.422. The molecule has 0 aromatic carbocycles. The van der Waals surface area contributed by atoms with Crippen LogP contribution in [0.25, 0.3) is 0 Å². The molecule has 1 aromatic heterocycles. The van der Waals surface area contributed by atoms with Gasteiger partial charge in [0.1, 0.15) is 6.04 Å². The SMILES string of the molecule is CCCNC(c1ncccc1Cl)C(C)(O)O. The molecule has 0 saturated carbocycles. The van der Waals surface area contributed by atoms with Crippen LogP contribution in [0.1, 0.15) is 32.0 Å². The lowest BCUT2D eigenvalue weighted by Gasteiger charge is -2.28. The Bertz CT molecular complexity index is 339. The molecule has 1 heterocycles. The van der Waals surface area contributed by atoms with Crippen molar-refractivity contribution in [2.75, 3.05) is 6.54 Å². The van der Waals surface area contributed by atoms with Gasteiger partial charge in [-0.3, -0.25) is 4.98 Å². The molecule has 0 aliphatic carbocycles. The van der Waals surface area contributed by atoms with Gasteiger partial charge in [-0.2, -0.15) is 0 Å². The number of rotatable bonds is 5. The zero-order chi connectivity index (χ0) is 12.2. The van der Waals surface area contributed by atoms with Crippen molar-refractivity contribution in [2.45, 2.75) is 32.1 Å². The van der Waals surface area contributed by atoms with Crippen molar-refractivity contribution < 1.29 is 10.2 Å². The monoisotopic (exact) mass is 244 g/mol. The fourth-order valence-corrected chi connectivity index (χ4v) is 1.68. The lowest BCUT2D eigenvalue weighted by atomic mass is 10.0. The minimum atomic E-state index is -1.90. The van der Waals surface area contributed by atoms with Gasteiger partial charge in [0.2, 0.25) is 0 Å². The highest BCUT2D eigenvalue weighted by Gasteiger charge is 2.32. The molecule has 16 heavy (non-hydrogen) atoms. The molecule has 0 spiro atoms. The molecule has 90 valence electrons. The van der Waals surface area contributed by atoms with Gasteiger partial charge in [0.15, 0.2) is 5.79 Å². The maximum atomic E-state index is 9.68. The molecule has 0 aliphatic rings. The maximum Gasteiger partial charge on any atom is 0.181 e. The highest BCUT2D eigenvalue weighted by molar-refractivity contribution is 6.31. The van der Waals surface area contributed by atoms with Gasteiger partial charge in [-0.25, -0.2) is 0 Å². The van der Waals surface area contributed by atoms with Crippen molar-refractivity contribution in [2.24, 2.45) is 0 Å². The van der Waals surface area contributed by atoms with Crippen LogP contribution in [0.2, 0.25) is 5.02 Å². The molecule has 0 radical (unpaired) electrons. The quantitative estimate of drug-likeness (QED) is 0.687. The molecular formula is C11H17ClN2O2. The summed E-state index contributed by atoms with van der Waals surface area (Å²) in [7, 11) is 0. The number of nitrogens with zero attached hydrogens (tertiary/aromatic N) is 1. The highest BCUT2D eigenvalue weighted by atomic mass is 35.5. The summed E-state index contributed by atoms with van der Waals surface area (Å²) in [6.07, 6.45) is 2.46.